The van der Waals surface area contributed by atoms with E-state index in [0.717, 1.165) is 63.0 Å². The third-order valence-corrected chi connectivity index (χ3v) is 5.13. The van der Waals surface area contributed by atoms with Crippen LogP contribution in [-0.2, 0) is 19.4 Å². The predicted molar refractivity (Wildman–Crippen MR) is 101 cm³/mol. The maximum absolute atomic E-state index is 4.87. The summed E-state index contributed by atoms with van der Waals surface area (Å²) in [6, 6.07) is 0.366. The predicted octanol–water partition coefficient (Wildman–Crippen LogP) is 1.05. The Morgan fingerprint density at radius 1 is 1.28 bits per heavy atom. The lowest BCUT2D eigenvalue weighted by atomic mass is 9.99. The van der Waals surface area contributed by atoms with Crippen LogP contribution in [0.25, 0.3) is 0 Å². The molecule has 3 rings (SSSR count). The van der Waals surface area contributed by atoms with Gasteiger partial charge in [-0.15, -0.1) is 0 Å². The molecule has 25 heavy (non-hydrogen) atoms. The zero-order valence-electron chi connectivity index (χ0n) is 16.0. The first-order valence-electron chi connectivity index (χ1n) is 9.83. The van der Waals surface area contributed by atoms with Crippen LogP contribution in [0.4, 0.5) is 0 Å². The molecule has 1 aromatic rings. The van der Waals surface area contributed by atoms with Crippen molar-refractivity contribution < 1.29 is 0 Å². The lowest BCUT2D eigenvalue weighted by molar-refractivity contribution is 0.214. The van der Waals surface area contributed by atoms with E-state index in [9.17, 15) is 0 Å². The third-order valence-electron chi connectivity index (χ3n) is 5.13. The van der Waals surface area contributed by atoms with Crippen LogP contribution in [0.2, 0.25) is 0 Å². The van der Waals surface area contributed by atoms with E-state index in [4.69, 9.17) is 4.99 Å². The highest BCUT2D eigenvalue weighted by molar-refractivity contribution is 5.80. The summed E-state index contributed by atoms with van der Waals surface area (Å²) in [5, 5.41) is 11.6. The average Bonchev–Trinajstić information content (AvgIpc) is 3.02. The monoisotopic (exact) mass is 347 g/mol. The maximum Gasteiger partial charge on any atom is 0.191 e. The molecule has 0 aromatic carbocycles. The van der Waals surface area contributed by atoms with Gasteiger partial charge in [0, 0.05) is 38.5 Å². The first kappa shape index (κ1) is 18.2. The van der Waals surface area contributed by atoms with Gasteiger partial charge < -0.3 is 15.5 Å². The Kier molecular flexibility index (Phi) is 6.29. The minimum Gasteiger partial charge on any atom is -0.357 e. The largest absolute Gasteiger partial charge is 0.357 e. The third kappa shape index (κ3) is 4.93. The van der Waals surface area contributed by atoms with E-state index in [-0.39, 0.29) is 0 Å². The summed E-state index contributed by atoms with van der Waals surface area (Å²) in [6.07, 6.45) is 5.55. The fourth-order valence-electron chi connectivity index (χ4n) is 3.78. The zero-order chi connectivity index (χ0) is 17.6. The van der Waals surface area contributed by atoms with Crippen LogP contribution in [0.5, 0.6) is 0 Å². The second kappa shape index (κ2) is 8.65. The standard InChI is InChI=1S/C18H33N7/c1-4-16-22-17-9-8-15(13-25(17)23-16)21-18(19-5-2)20-11-14-7-6-10-24(3)12-14/h14-15H,4-13H2,1-3H3,(H2,19,20,21). The molecule has 0 saturated carbocycles. The van der Waals surface area contributed by atoms with Crippen molar-refractivity contribution >= 4 is 5.96 Å². The summed E-state index contributed by atoms with van der Waals surface area (Å²) in [5.41, 5.74) is 0. The zero-order valence-corrected chi connectivity index (χ0v) is 16.0. The van der Waals surface area contributed by atoms with Crippen molar-refractivity contribution in [3.8, 4) is 0 Å². The molecule has 3 heterocycles. The molecule has 2 aliphatic heterocycles. The number of aromatic nitrogens is 3. The number of rotatable bonds is 5. The van der Waals surface area contributed by atoms with Crippen LogP contribution < -0.4 is 10.6 Å². The van der Waals surface area contributed by atoms with E-state index in [1.165, 1.54) is 19.4 Å². The topological polar surface area (TPSA) is 70.4 Å². The number of nitrogens with one attached hydrogen (secondary N) is 2. The normalized spacial score (nSPS) is 24.8. The maximum atomic E-state index is 4.87. The minimum absolute atomic E-state index is 0.366. The molecule has 7 heteroatoms. The lowest BCUT2D eigenvalue weighted by Crippen LogP contribution is -2.47. The summed E-state index contributed by atoms with van der Waals surface area (Å²) >= 11 is 0. The van der Waals surface area contributed by atoms with Crippen molar-refractivity contribution in [2.45, 2.75) is 58.5 Å². The number of fused-ring (bicyclic) bond motifs is 1. The Bertz CT molecular complexity index is 580. The number of hydrogen-bond acceptors (Lipinski definition) is 4. The van der Waals surface area contributed by atoms with Crippen molar-refractivity contribution in [2.24, 2.45) is 10.9 Å². The van der Waals surface area contributed by atoms with Gasteiger partial charge in [0.25, 0.3) is 0 Å². The molecule has 2 N–H and O–H groups in total. The quantitative estimate of drug-likeness (QED) is 0.615. The summed E-state index contributed by atoms with van der Waals surface area (Å²) in [6.45, 7) is 9.28. The molecule has 0 spiro atoms. The van der Waals surface area contributed by atoms with Gasteiger partial charge in [-0.05, 0) is 45.7 Å². The first-order chi connectivity index (χ1) is 12.2. The number of aryl methyl sites for hydroxylation is 2. The fourth-order valence-corrected chi connectivity index (χ4v) is 3.78. The van der Waals surface area contributed by atoms with Gasteiger partial charge in [-0.3, -0.25) is 4.99 Å². The highest BCUT2D eigenvalue weighted by Gasteiger charge is 2.22. The van der Waals surface area contributed by atoms with E-state index in [0.29, 0.717) is 12.0 Å². The lowest BCUT2D eigenvalue weighted by Gasteiger charge is -2.29. The van der Waals surface area contributed by atoms with Crippen molar-refractivity contribution in [1.29, 1.82) is 0 Å². The Labute approximate surface area is 151 Å². The molecule has 0 amide bonds. The number of hydrogen-bond donors (Lipinski definition) is 2. The smallest absolute Gasteiger partial charge is 0.191 e. The van der Waals surface area contributed by atoms with Crippen LogP contribution >= 0.6 is 0 Å². The molecule has 2 aliphatic rings. The van der Waals surface area contributed by atoms with Gasteiger partial charge in [0.1, 0.15) is 5.82 Å². The van der Waals surface area contributed by atoms with Gasteiger partial charge in [0.15, 0.2) is 11.8 Å². The Hall–Kier alpha value is -1.63. The molecule has 2 atom stereocenters. The van der Waals surface area contributed by atoms with Crippen LogP contribution in [0.1, 0.15) is 44.8 Å². The summed E-state index contributed by atoms with van der Waals surface area (Å²) < 4.78 is 2.07. The van der Waals surface area contributed by atoms with E-state index in [1.54, 1.807) is 0 Å². The number of aliphatic imine (C=N–C) groups is 1. The molecule has 1 fully saturated rings. The van der Waals surface area contributed by atoms with Crippen molar-refractivity contribution in [2.75, 3.05) is 33.2 Å². The molecule has 1 aromatic heterocycles. The van der Waals surface area contributed by atoms with Crippen LogP contribution in [0.3, 0.4) is 0 Å². The Balaban J connectivity index is 1.57. The molecule has 7 nitrogen and oxygen atoms in total. The highest BCUT2D eigenvalue weighted by atomic mass is 15.4. The van der Waals surface area contributed by atoms with Gasteiger partial charge in [-0.2, -0.15) is 5.10 Å². The summed E-state index contributed by atoms with van der Waals surface area (Å²) in [7, 11) is 2.21. The van der Waals surface area contributed by atoms with E-state index in [1.807, 2.05) is 0 Å². The van der Waals surface area contributed by atoms with E-state index in [2.05, 4.69) is 51.2 Å². The van der Waals surface area contributed by atoms with E-state index < -0.39 is 0 Å². The molecule has 2 unspecified atom stereocenters. The molecular weight excluding hydrogens is 314 g/mol. The van der Waals surface area contributed by atoms with Gasteiger partial charge in [-0.1, -0.05) is 6.92 Å². The first-order valence-corrected chi connectivity index (χ1v) is 9.83. The fraction of sp³-hybridized carbons (Fsp3) is 0.833. The Morgan fingerprint density at radius 3 is 2.92 bits per heavy atom. The molecule has 1 saturated heterocycles. The summed E-state index contributed by atoms with van der Waals surface area (Å²) in [5.74, 6) is 3.70. The van der Waals surface area contributed by atoms with Crippen molar-refractivity contribution in [3.63, 3.8) is 0 Å². The van der Waals surface area contributed by atoms with Crippen LogP contribution in [0, 0.1) is 5.92 Å². The van der Waals surface area contributed by atoms with E-state index >= 15 is 0 Å². The second-order valence-electron chi connectivity index (χ2n) is 7.35. The van der Waals surface area contributed by atoms with Crippen molar-refractivity contribution in [1.82, 2.24) is 30.3 Å². The van der Waals surface area contributed by atoms with Crippen molar-refractivity contribution in [3.05, 3.63) is 11.6 Å². The highest BCUT2D eigenvalue weighted by Crippen LogP contribution is 2.16. The number of nitrogens with zero attached hydrogens (tertiary/aromatic N) is 5. The molecule has 0 radical (unpaired) electrons. The van der Waals surface area contributed by atoms with Gasteiger partial charge >= 0.3 is 0 Å². The summed E-state index contributed by atoms with van der Waals surface area (Å²) in [4.78, 5) is 11.9. The average molecular weight is 348 g/mol. The Morgan fingerprint density at radius 2 is 2.16 bits per heavy atom. The van der Waals surface area contributed by atoms with Gasteiger partial charge in [0.2, 0.25) is 0 Å². The van der Waals surface area contributed by atoms with Gasteiger partial charge in [0.05, 0.1) is 6.54 Å². The number of piperidine rings is 1. The molecule has 0 bridgehead atoms. The van der Waals surface area contributed by atoms with Crippen LogP contribution in [0.15, 0.2) is 4.99 Å². The molecule has 0 aliphatic carbocycles. The minimum atomic E-state index is 0.366. The SMILES string of the molecule is CCNC(=NCC1CCCN(C)C1)NC1CCc2nc(CC)nn2C1. The molecule has 140 valence electrons. The number of guanidine groups is 1. The number of likely N-dealkylation sites (tertiary alicyclic amines) is 1. The van der Waals surface area contributed by atoms with Gasteiger partial charge in [-0.25, -0.2) is 9.67 Å². The molecular formula is C18H33N7. The van der Waals surface area contributed by atoms with Crippen LogP contribution in [-0.4, -0.2) is 64.9 Å². The second-order valence-corrected chi connectivity index (χ2v) is 7.35.